The lowest BCUT2D eigenvalue weighted by Gasteiger charge is -2.29. The molecule has 2 N–H and O–H groups in total. The molecule has 0 spiro atoms. The van der Waals surface area contributed by atoms with Gasteiger partial charge in [-0.3, -0.25) is 14.5 Å². The zero-order valence-corrected chi connectivity index (χ0v) is 10.5. The minimum absolute atomic E-state index is 0.000295. The monoisotopic (exact) mass is 238 g/mol. The zero-order valence-electron chi connectivity index (χ0n) is 10.5. The van der Waals surface area contributed by atoms with Crippen molar-refractivity contribution in [1.29, 1.82) is 0 Å². The van der Waals surface area contributed by atoms with Gasteiger partial charge in [0.2, 0.25) is 11.8 Å². The Balaban J connectivity index is 1.85. The van der Waals surface area contributed by atoms with E-state index >= 15 is 0 Å². The fourth-order valence-corrected chi connectivity index (χ4v) is 3.00. The summed E-state index contributed by atoms with van der Waals surface area (Å²) >= 11 is 0. The van der Waals surface area contributed by atoms with Gasteiger partial charge >= 0.3 is 0 Å². The smallest absolute Gasteiger partial charge is 0.229 e. The van der Waals surface area contributed by atoms with E-state index in [1.165, 1.54) is 11.3 Å². The van der Waals surface area contributed by atoms with Crippen LogP contribution in [-0.4, -0.2) is 29.3 Å². The van der Waals surface area contributed by atoms with Gasteiger partial charge in [0.15, 0.2) is 0 Å². The maximum atomic E-state index is 11.8. The Morgan fingerprint density at radius 3 is 2.41 bits per heavy atom. The Bertz CT molecular complexity index is 299. The number of amides is 2. The van der Waals surface area contributed by atoms with Crippen molar-refractivity contribution in [3.05, 3.63) is 0 Å². The van der Waals surface area contributed by atoms with Crippen LogP contribution >= 0.6 is 0 Å². The molecular weight excluding hydrogens is 216 g/mol. The Hall–Kier alpha value is -0.900. The van der Waals surface area contributed by atoms with Gasteiger partial charge in [0.1, 0.15) is 0 Å². The van der Waals surface area contributed by atoms with E-state index < -0.39 is 0 Å². The van der Waals surface area contributed by atoms with Crippen molar-refractivity contribution < 1.29 is 9.59 Å². The summed E-state index contributed by atoms with van der Waals surface area (Å²) in [4.78, 5) is 25.0. The standard InChI is InChI=1S/C13H22N2O2/c1-9-7-12(16)15(13(17)8-9)6-5-10-3-2-4-11(10)14/h9-11H,2-8,14H2,1H3. The van der Waals surface area contributed by atoms with Gasteiger partial charge in [0.05, 0.1) is 0 Å². The molecule has 0 radical (unpaired) electrons. The van der Waals surface area contributed by atoms with Crippen molar-refractivity contribution in [1.82, 2.24) is 4.90 Å². The lowest BCUT2D eigenvalue weighted by molar-refractivity contribution is -0.149. The number of nitrogens with zero attached hydrogens (tertiary/aromatic N) is 1. The van der Waals surface area contributed by atoms with Crippen LogP contribution in [0.15, 0.2) is 0 Å². The number of hydrogen-bond donors (Lipinski definition) is 1. The predicted octanol–water partition coefficient (Wildman–Crippen LogP) is 1.29. The van der Waals surface area contributed by atoms with E-state index in [0.29, 0.717) is 25.3 Å². The molecule has 2 rings (SSSR count). The van der Waals surface area contributed by atoms with Crippen LogP contribution in [0.4, 0.5) is 0 Å². The molecule has 4 nitrogen and oxygen atoms in total. The van der Waals surface area contributed by atoms with Gasteiger partial charge in [-0.1, -0.05) is 13.3 Å². The Morgan fingerprint density at radius 2 is 1.88 bits per heavy atom. The fourth-order valence-electron chi connectivity index (χ4n) is 3.00. The molecule has 96 valence electrons. The van der Waals surface area contributed by atoms with E-state index in [2.05, 4.69) is 0 Å². The second-order valence-corrected chi connectivity index (χ2v) is 5.60. The number of nitrogens with two attached hydrogens (primary N) is 1. The molecule has 1 saturated carbocycles. The number of likely N-dealkylation sites (tertiary alicyclic amines) is 1. The van der Waals surface area contributed by atoms with Gasteiger partial charge in [-0.25, -0.2) is 0 Å². The van der Waals surface area contributed by atoms with Gasteiger partial charge < -0.3 is 5.73 Å². The minimum Gasteiger partial charge on any atom is -0.327 e. The van der Waals surface area contributed by atoms with E-state index in [9.17, 15) is 9.59 Å². The quantitative estimate of drug-likeness (QED) is 0.753. The van der Waals surface area contributed by atoms with Crippen LogP contribution in [0.2, 0.25) is 0 Å². The van der Waals surface area contributed by atoms with Gasteiger partial charge in [0.25, 0.3) is 0 Å². The van der Waals surface area contributed by atoms with Crippen LogP contribution in [0.25, 0.3) is 0 Å². The first-order valence-electron chi connectivity index (χ1n) is 6.66. The zero-order chi connectivity index (χ0) is 12.4. The first-order valence-corrected chi connectivity index (χ1v) is 6.66. The summed E-state index contributed by atoms with van der Waals surface area (Å²) in [5, 5.41) is 0. The van der Waals surface area contributed by atoms with E-state index in [1.807, 2.05) is 6.92 Å². The molecule has 2 atom stereocenters. The third kappa shape index (κ3) is 2.86. The predicted molar refractivity (Wildman–Crippen MR) is 65.1 cm³/mol. The lowest BCUT2D eigenvalue weighted by Crippen LogP contribution is -2.44. The molecule has 1 heterocycles. The summed E-state index contributed by atoms with van der Waals surface area (Å²) in [5.41, 5.74) is 6.00. The second kappa shape index (κ2) is 5.17. The van der Waals surface area contributed by atoms with Crippen LogP contribution in [0.3, 0.4) is 0 Å². The first-order chi connectivity index (χ1) is 8.08. The highest BCUT2D eigenvalue weighted by atomic mass is 16.2. The highest BCUT2D eigenvalue weighted by Gasteiger charge is 2.31. The Kier molecular flexibility index (Phi) is 3.82. The number of hydrogen-bond acceptors (Lipinski definition) is 3. The van der Waals surface area contributed by atoms with Gasteiger partial charge in [-0.2, -0.15) is 0 Å². The molecule has 1 aliphatic carbocycles. The normalized spacial score (nSPS) is 31.3. The van der Waals surface area contributed by atoms with E-state index in [-0.39, 0.29) is 23.8 Å². The van der Waals surface area contributed by atoms with Crippen molar-refractivity contribution in [2.24, 2.45) is 17.6 Å². The molecule has 2 amide bonds. The van der Waals surface area contributed by atoms with Crippen LogP contribution < -0.4 is 5.73 Å². The van der Waals surface area contributed by atoms with Crippen molar-refractivity contribution in [3.63, 3.8) is 0 Å². The number of rotatable bonds is 3. The summed E-state index contributed by atoms with van der Waals surface area (Å²) in [7, 11) is 0. The third-order valence-corrected chi connectivity index (χ3v) is 4.09. The molecule has 0 aromatic heterocycles. The third-order valence-electron chi connectivity index (χ3n) is 4.09. The maximum Gasteiger partial charge on any atom is 0.229 e. The van der Waals surface area contributed by atoms with Crippen LogP contribution in [-0.2, 0) is 9.59 Å². The Morgan fingerprint density at radius 1 is 1.24 bits per heavy atom. The van der Waals surface area contributed by atoms with Gasteiger partial charge in [0, 0.05) is 25.4 Å². The molecule has 0 aromatic carbocycles. The Labute approximate surface area is 103 Å². The summed E-state index contributed by atoms with van der Waals surface area (Å²) in [6, 6.07) is 0.268. The number of piperidine rings is 1. The molecule has 0 bridgehead atoms. The van der Waals surface area contributed by atoms with Crippen LogP contribution in [0.5, 0.6) is 0 Å². The number of carbonyl (C=O) groups excluding carboxylic acids is 2. The molecular formula is C13H22N2O2. The summed E-state index contributed by atoms with van der Waals surface area (Å²) in [5.74, 6) is 0.704. The van der Waals surface area contributed by atoms with Gasteiger partial charge in [-0.15, -0.1) is 0 Å². The average molecular weight is 238 g/mol. The van der Waals surface area contributed by atoms with Crippen molar-refractivity contribution >= 4 is 11.8 Å². The minimum atomic E-state index is 0.000295. The maximum absolute atomic E-state index is 11.8. The molecule has 4 heteroatoms. The largest absolute Gasteiger partial charge is 0.327 e. The topological polar surface area (TPSA) is 63.4 Å². The molecule has 2 unspecified atom stereocenters. The highest BCUT2D eigenvalue weighted by Crippen LogP contribution is 2.28. The molecule has 0 aromatic rings. The van der Waals surface area contributed by atoms with Crippen LogP contribution in [0.1, 0.15) is 45.4 Å². The molecule has 1 saturated heterocycles. The van der Waals surface area contributed by atoms with E-state index in [1.54, 1.807) is 0 Å². The van der Waals surface area contributed by atoms with Gasteiger partial charge in [-0.05, 0) is 31.1 Å². The fraction of sp³-hybridized carbons (Fsp3) is 0.846. The van der Waals surface area contributed by atoms with Crippen LogP contribution in [0, 0.1) is 11.8 Å². The molecule has 2 aliphatic rings. The highest BCUT2D eigenvalue weighted by molar-refractivity contribution is 5.97. The first kappa shape index (κ1) is 12.6. The SMILES string of the molecule is CC1CC(=O)N(CCC2CCCC2N)C(=O)C1. The molecule has 1 aliphatic heterocycles. The summed E-state index contributed by atoms with van der Waals surface area (Å²) in [6.07, 6.45) is 5.33. The molecule has 17 heavy (non-hydrogen) atoms. The van der Waals surface area contributed by atoms with Crippen molar-refractivity contribution in [2.45, 2.75) is 51.5 Å². The summed E-state index contributed by atoms with van der Waals surface area (Å²) in [6.45, 7) is 2.53. The van der Waals surface area contributed by atoms with Crippen molar-refractivity contribution in [2.75, 3.05) is 6.54 Å². The second-order valence-electron chi connectivity index (χ2n) is 5.60. The summed E-state index contributed by atoms with van der Waals surface area (Å²) < 4.78 is 0. The number of carbonyl (C=O) groups is 2. The number of imide groups is 1. The van der Waals surface area contributed by atoms with E-state index in [4.69, 9.17) is 5.73 Å². The van der Waals surface area contributed by atoms with E-state index in [0.717, 1.165) is 19.3 Å². The van der Waals surface area contributed by atoms with Crippen molar-refractivity contribution in [3.8, 4) is 0 Å². The lowest BCUT2D eigenvalue weighted by atomic mass is 9.95. The molecule has 2 fully saturated rings. The average Bonchev–Trinajstić information content (AvgIpc) is 2.62.